The van der Waals surface area contributed by atoms with Gasteiger partial charge in [0, 0.05) is 17.2 Å². The molecular formula is C18H19F2NO3S. The summed E-state index contributed by atoms with van der Waals surface area (Å²) in [4.78, 5) is 0. The number of aromatic hydroxyl groups is 1. The molecule has 0 unspecified atom stereocenters. The number of phenolic OH excluding ortho intramolecular Hbond substituents is 1. The summed E-state index contributed by atoms with van der Waals surface area (Å²) in [5.74, 6) is -1.55. The molecule has 0 radical (unpaired) electrons. The lowest BCUT2D eigenvalue weighted by Crippen LogP contribution is -2.27. The van der Waals surface area contributed by atoms with Crippen LogP contribution in [0.1, 0.15) is 31.9 Å². The van der Waals surface area contributed by atoms with Crippen LogP contribution in [0, 0.1) is 11.6 Å². The second-order valence-corrected chi connectivity index (χ2v) is 8.25. The van der Waals surface area contributed by atoms with Crippen LogP contribution >= 0.6 is 0 Å². The molecule has 0 aliphatic carbocycles. The zero-order valence-corrected chi connectivity index (χ0v) is 15.2. The van der Waals surface area contributed by atoms with Crippen molar-refractivity contribution in [1.82, 2.24) is 0 Å². The van der Waals surface area contributed by atoms with Gasteiger partial charge in [0.1, 0.15) is 33.4 Å². The number of halogens is 2. The molecule has 134 valence electrons. The van der Waals surface area contributed by atoms with Crippen molar-refractivity contribution in [1.29, 1.82) is 0 Å². The van der Waals surface area contributed by atoms with Crippen LogP contribution in [-0.2, 0) is 11.4 Å². The maximum absolute atomic E-state index is 13.7. The van der Waals surface area contributed by atoms with Crippen molar-refractivity contribution in [3.8, 4) is 11.5 Å². The van der Waals surface area contributed by atoms with Crippen molar-refractivity contribution in [2.24, 2.45) is 4.40 Å². The molecule has 0 bridgehead atoms. The van der Waals surface area contributed by atoms with E-state index in [1.807, 2.05) is 0 Å². The third-order valence-corrected chi connectivity index (χ3v) is 4.67. The van der Waals surface area contributed by atoms with Gasteiger partial charge in [-0.25, -0.2) is 8.78 Å². The Morgan fingerprint density at radius 2 is 1.80 bits per heavy atom. The molecule has 0 fully saturated rings. The summed E-state index contributed by atoms with van der Waals surface area (Å²) in [5.41, 5.74) is 0.783. The zero-order valence-electron chi connectivity index (χ0n) is 14.3. The molecule has 0 spiro atoms. The Morgan fingerprint density at radius 3 is 2.36 bits per heavy atom. The van der Waals surface area contributed by atoms with Crippen LogP contribution in [0.5, 0.6) is 11.5 Å². The molecule has 0 saturated heterocycles. The minimum absolute atomic E-state index is 0.0210. The van der Waals surface area contributed by atoms with Crippen molar-refractivity contribution >= 4 is 17.1 Å². The lowest BCUT2D eigenvalue weighted by atomic mass is 10.0. The van der Waals surface area contributed by atoms with Gasteiger partial charge < -0.3 is 14.4 Å². The summed E-state index contributed by atoms with van der Waals surface area (Å²) in [6, 6.07) is 7.41. The number of hydrogen-bond donors (Lipinski definition) is 1. The Hall–Kier alpha value is -2.12. The highest BCUT2D eigenvalue weighted by Crippen LogP contribution is 2.26. The van der Waals surface area contributed by atoms with Gasteiger partial charge in [-0.05, 0) is 51.1 Å². The Labute approximate surface area is 148 Å². The van der Waals surface area contributed by atoms with E-state index in [1.54, 1.807) is 20.8 Å². The van der Waals surface area contributed by atoms with Crippen molar-refractivity contribution in [3.05, 3.63) is 59.2 Å². The van der Waals surface area contributed by atoms with E-state index in [0.717, 1.165) is 12.1 Å². The second-order valence-electron chi connectivity index (χ2n) is 6.35. The van der Waals surface area contributed by atoms with Gasteiger partial charge in [-0.2, -0.15) is 0 Å². The lowest BCUT2D eigenvalue weighted by Gasteiger charge is -2.20. The number of ether oxygens (including phenoxy) is 1. The van der Waals surface area contributed by atoms with E-state index >= 15 is 0 Å². The molecule has 2 aromatic carbocycles. The van der Waals surface area contributed by atoms with Crippen molar-refractivity contribution < 1.29 is 23.2 Å². The Kier molecular flexibility index (Phi) is 5.69. The fourth-order valence-electron chi connectivity index (χ4n) is 2.01. The highest BCUT2D eigenvalue weighted by Gasteiger charge is 2.28. The first-order chi connectivity index (χ1) is 11.6. The smallest absolute Gasteiger partial charge is 0.165 e. The fraction of sp³-hybridized carbons (Fsp3) is 0.278. The Balaban J connectivity index is 2.66. The second kappa shape index (κ2) is 7.41. The van der Waals surface area contributed by atoms with Gasteiger partial charge in [-0.15, -0.1) is 0 Å². The number of phenols is 1. The topological polar surface area (TPSA) is 64.9 Å². The molecule has 7 heteroatoms. The Morgan fingerprint density at radius 1 is 1.12 bits per heavy atom. The molecule has 4 nitrogen and oxygen atoms in total. The maximum Gasteiger partial charge on any atom is 0.165 e. The average Bonchev–Trinajstić information content (AvgIpc) is 2.51. The van der Waals surface area contributed by atoms with Gasteiger partial charge in [-0.3, -0.25) is 0 Å². The van der Waals surface area contributed by atoms with Crippen molar-refractivity contribution in [3.63, 3.8) is 0 Å². The van der Waals surface area contributed by atoms with E-state index in [9.17, 15) is 18.4 Å². The summed E-state index contributed by atoms with van der Waals surface area (Å²) in [7, 11) is 1.32. The number of nitrogens with zero attached hydrogens (tertiary/aromatic N) is 1. The molecule has 1 N–H and O–H groups in total. The zero-order chi connectivity index (χ0) is 18.8. The molecule has 2 rings (SSSR count). The average molecular weight is 367 g/mol. The monoisotopic (exact) mass is 367 g/mol. The maximum atomic E-state index is 13.7. The largest absolute Gasteiger partial charge is 0.591 e. The van der Waals surface area contributed by atoms with Gasteiger partial charge in [0.2, 0.25) is 0 Å². The first-order valence-corrected chi connectivity index (χ1v) is 8.57. The van der Waals surface area contributed by atoms with Crippen molar-refractivity contribution in [2.75, 3.05) is 7.11 Å². The van der Waals surface area contributed by atoms with Gasteiger partial charge >= 0.3 is 0 Å². The molecule has 0 aliphatic rings. The van der Waals surface area contributed by atoms with E-state index in [-0.39, 0.29) is 22.8 Å². The normalized spacial score (nSPS) is 13.6. The SMILES string of the molecule is COc1cc(/C(=N/[S@+]([O-])C(C)(C)C)c2cc(O)cc(F)c2)ccc1F. The van der Waals surface area contributed by atoms with Crippen LogP contribution in [-0.4, -0.2) is 27.2 Å². The number of hydrogen-bond acceptors (Lipinski definition) is 4. The van der Waals surface area contributed by atoms with Crippen molar-refractivity contribution in [2.45, 2.75) is 25.5 Å². The molecule has 0 aliphatic heterocycles. The van der Waals surface area contributed by atoms with E-state index in [1.165, 1.54) is 31.4 Å². The van der Waals surface area contributed by atoms with E-state index < -0.39 is 27.7 Å². The minimum Gasteiger partial charge on any atom is -0.591 e. The highest BCUT2D eigenvalue weighted by molar-refractivity contribution is 7.91. The molecule has 0 heterocycles. The van der Waals surface area contributed by atoms with Crippen LogP contribution in [0.2, 0.25) is 0 Å². The summed E-state index contributed by atoms with van der Waals surface area (Å²) in [6.45, 7) is 5.25. The standard InChI is InChI=1S/C18H19F2NO3S/c1-18(2,3)25(23)21-17(12-7-13(19)10-14(22)8-12)11-5-6-15(20)16(9-11)24-4/h5-10,22H,1-4H3/b21-17-/t25-/m1/s1. The first-order valence-electron chi connectivity index (χ1n) is 7.46. The summed E-state index contributed by atoms with van der Waals surface area (Å²) < 4.78 is 48.4. The van der Waals surface area contributed by atoms with Gasteiger partial charge in [-0.1, -0.05) is 4.40 Å². The first kappa shape index (κ1) is 19.2. The number of methoxy groups -OCH3 is 1. The van der Waals surface area contributed by atoms with Crippen LogP contribution in [0.15, 0.2) is 40.8 Å². The van der Waals surface area contributed by atoms with Gasteiger partial charge in [0.25, 0.3) is 0 Å². The molecule has 0 saturated carbocycles. The van der Waals surface area contributed by atoms with Crippen LogP contribution in [0.25, 0.3) is 0 Å². The number of benzene rings is 2. The van der Waals surface area contributed by atoms with Crippen LogP contribution < -0.4 is 4.74 Å². The molecule has 2 aromatic rings. The van der Waals surface area contributed by atoms with E-state index in [4.69, 9.17) is 4.74 Å². The lowest BCUT2D eigenvalue weighted by molar-refractivity contribution is 0.386. The summed E-state index contributed by atoms with van der Waals surface area (Å²) >= 11 is -1.65. The number of rotatable bonds is 4. The third-order valence-electron chi connectivity index (χ3n) is 3.28. The molecule has 0 amide bonds. The molecule has 0 aromatic heterocycles. The molecular weight excluding hydrogens is 348 g/mol. The third kappa shape index (κ3) is 4.70. The van der Waals surface area contributed by atoms with Gasteiger partial charge in [0.15, 0.2) is 11.6 Å². The molecule has 25 heavy (non-hydrogen) atoms. The van der Waals surface area contributed by atoms with E-state index in [0.29, 0.717) is 5.56 Å². The van der Waals surface area contributed by atoms with Crippen LogP contribution in [0.4, 0.5) is 8.78 Å². The molecule has 1 atom stereocenters. The van der Waals surface area contributed by atoms with Crippen LogP contribution in [0.3, 0.4) is 0 Å². The van der Waals surface area contributed by atoms with E-state index in [2.05, 4.69) is 4.40 Å². The summed E-state index contributed by atoms with van der Waals surface area (Å²) in [5, 5.41) is 9.67. The van der Waals surface area contributed by atoms with Gasteiger partial charge in [0.05, 0.1) is 7.11 Å². The predicted octanol–water partition coefficient (Wildman–Crippen LogP) is 3.98. The quantitative estimate of drug-likeness (QED) is 0.657. The Bertz CT molecular complexity index is 783. The summed E-state index contributed by atoms with van der Waals surface area (Å²) in [6.07, 6.45) is 0. The predicted molar refractivity (Wildman–Crippen MR) is 94.6 cm³/mol. The minimum atomic E-state index is -1.65. The fourth-order valence-corrected chi connectivity index (χ4v) is 2.66. The highest BCUT2D eigenvalue weighted by atomic mass is 32.2.